The van der Waals surface area contributed by atoms with E-state index in [0.717, 1.165) is 49.9 Å². The predicted molar refractivity (Wildman–Crippen MR) is 155 cm³/mol. The van der Waals surface area contributed by atoms with Crippen molar-refractivity contribution in [1.29, 1.82) is 0 Å². The Bertz CT molecular complexity index is 1120. The number of hydrogen-bond donors (Lipinski definition) is 1. The topological polar surface area (TPSA) is 73.0 Å². The summed E-state index contributed by atoms with van der Waals surface area (Å²) in [6.45, 7) is 11.5. The molecule has 1 N–H and O–H groups in total. The lowest BCUT2D eigenvalue weighted by molar-refractivity contribution is -0.137. The van der Waals surface area contributed by atoms with Crippen molar-refractivity contribution >= 4 is 35.3 Å². The van der Waals surface area contributed by atoms with Gasteiger partial charge in [0.2, 0.25) is 11.8 Å². The van der Waals surface area contributed by atoms with Gasteiger partial charge in [-0.1, -0.05) is 58.0 Å². The second kappa shape index (κ2) is 10.6. The van der Waals surface area contributed by atoms with Gasteiger partial charge < -0.3 is 20.0 Å². The summed E-state index contributed by atoms with van der Waals surface area (Å²) in [5.74, 6) is 0.696. The van der Waals surface area contributed by atoms with Crippen LogP contribution in [-0.4, -0.2) is 68.3 Å². The molecule has 1 aromatic rings. The Balaban J connectivity index is 0.00000353. The smallest absolute Gasteiger partial charge is 0.322 e. The number of fused-ring (bicyclic) bond motifs is 1. The maximum atomic E-state index is 13.6. The van der Waals surface area contributed by atoms with E-state index < -0.39 is 0 Å². The van der Waals surface area contributed by atoms with E-state index in [0.29, 0.717) is 25.6 Å². The molecule has 7 nitrogen and oxygen atoms in total. The number of thioether (sulfide) groups is 1. The summed E-state index contributed by atoms with van der Waals surface area (Å²) in [5, 5.41) is 2.67. The molecule has 1 spiro atoms. The summed E-state index contributed by atoms with van der Waals surface area (Å²) in [4.78, 5) is 45.3. The average molecular weight is 541 g/mol. The minimum Gasteiger partial charge on any atom is -0.342 e. The Morgan fingerprint density at radius 3 is 2.55 bits per heavy atom. The number of para-hydroxylation sites is 1. The lowest BCUT2D eigenvalue weighted by Crippen LogP contribution is -2.51. The Labute approximate surface area is 232 Å². The first kappa shape index (κ1) is 27.1. The number of nitrogens with zero attached hydrogens (tertiary/aromatic N) is 3. The van der Waals surface area contributed by atoms with Crippen LogP contribution in [0.5, 0.6) is 0 Å². The molecule has 5 rings (SSSR count). The number of likely N-dealkylation sites (tertiary alicyclic amines) is 1. The Morgan fingerprint density at radius 1 is 1.13 bits per heavy atom. The number of amides is 4. The van der Waals surface area contributed by atoms with Crippen LogP contribution in [0.4, 0.5) is 10.5 Å². The molecule has 0 saturated carbocycles. The van der Waals surface area contributed by atoms with Crippen molar-refractivity contribution < 1.29 is 15.8 Å². The molecule has 2 atom stereocenters. The van der Waals surface area contributed by atoms with Crippen LogP contribution >= 0.6 is 11.8 Å². The summed E-state index contributed by atoms with van der Waals surface area (Å²) < 4.78 is 0. The van der Waals surface area contributed by atoms with Crippen molar-refractivity contribution in [3.63, 3.8) is 0 Å². The Hall–Kier alpha value is -2.48. The van der Waals surface area contributed by atoms with Crippen LogP contribution < -0.4 is 5.32 Å². The molecule has 208 valence electrons. The van der Waals surface area contributed by atoms with Gasteiger partial charge in [-0.25, -0.2) is 4.79 Å². The van der Waals surface area contributed by atoms with E-state index in [1.54, 1.807) is 11.8 Å². The minimum absolute atomic E-state index is 0. The molecule has 38 heavy (non-hydrogen) atoms. The molecule has 3 aliphatic heterocycles. The number of anilines is 1. The lowest BCUT2D eigenvalue weighted by atomic mass is 9.80. The summed E-state index contributed by atoms with van der Waals surface area (Å²) in [6.07, 6.45) is 9.22. The number of hydrogen-bond acceptors (Lipinski definition) is 4. The highest BCUT2D eigenvalue weighted by Crippen LogP contribution is 2.51. The third-order valence-electron chi connectivity index (χ3n) is 8.68. The summed E-state index contributed by atoms with van der Waals surface area (Å²) in [6, 6.07) is 7.97. The Kier molecular flexibility index (Phi) is 7.55. The molecule has 1 aliphatic carbocycles. The van der Waals surface area contributed by atoms with Crippen LogP contribution in [0.15, 0.2) is 36.4 Å². The van der Waals surface area contributed by atoms with Crippen LogP contribution in [0.25, 0.3) is 0 Å². The fourth-order valence-electron chi connectivity index (χ4n) is 6.12. The average Bonchev–Trinajstić information content (AvgIpc) is 3.14. The minimum atomic E-state index is -0.331. The fourth-order valence-corrected chi connectivity index (χ4v) is 7.74. The zero-order chi connectivity index (χ0) is 27.1. The van der Waals surface area contributed by atoms with E-state index in [1.165, 1.54) is 0 Å². The van der Waals surface area contributed by atoms with Gasteiger partial charge in [0.05, 0.1) is 5.25 Å². The first-order chi connectivity index (χ1) is 18.1. The molecular formula is C30H44N4O3S. The molecule has 4 aliphatic rings. The maximum Gasteiger partial charge on any atom is 0.322 e. The molecule has 4 amide bonds. The molecule has 2 fully saturated rings. The zero-order valence-electron chi connectivity index (χ0n) is 23.2. The first-order valence-electron chi connectivity index (χ1n) is 14.2. The molecule has 0 aromatic heterocycles. The highest BCUT2D eigenvalue weighted by Gasteiger charge is 2.52. The van der Waals surface area contributed by atoms with Gasteiger partial charge in [0.15, 0.2) is 0 Å². The number of piperidine rings is 1. The van der Waals surface area contributed by atoms with Gasteiger partial charge >= 0.3 is 6.03 Å². The van der Waals surface area contributed by atoms with E-state index in [4.69, 9.17) is 0 Å². The molecule has 0 radical (unpaired) electrons. The van der Waals surface area contributed by atoms with Gasteiger partial charge in [-0.15, -0.1) is 11.8 Å². The van der Waals surface area contributed by atoms with Crippen molar-refractivity contribution in [3.8, 4) is 0 Å². The van der Waals surface area contributed by atoms with Gasteiger partial charge in [0.1, 0.15) is 4.87 Å². The maximum absolute atomic E-state index is 13.6. The molecule has 8 heteroatoms. The second-order valence-corrected chi connectivity index (χ2v) is 14.0. The van der Waals surface area contributed by atoms with Gasteiger partial charge in [-0.2, -0.15) is 0 Å². The molecule has 0 bridgehead atoms. The summed E-state index contributed by atoms with van der Waals surface area (Å²) in [5.41, 5.74) is 2.15. The normalized spacial score (nSPS) is 27.3. The molecule has 1 aromatic carbocycles. The highest BCUT2D eigenvalue weighted by molar-refractivity contribution is 8.02. The fraction of sp³-hybridized carbons (Fsp3) is 0.633. The van der Waals surface area contributed by atoms with Crippen LogP contribution in [0, 0.1) is 11.3 Å². The van der Waals surface area contributed by atoms with Crippen LogP contribution in [0.1, 0.15) is 73.2 Å². The number of urea groups is 1. The van der Waals surface area contributed by atoms with Crippen LogP contribution in [0.2, 0.25) is 0 Å². The third kappa shape index (κ3) is 5.47. The van der Waals surface area contributed by atoms with Crippen molar-refractivity contribution in [2.24, 2.45) is 11.3 Å². The predicted octanol–water partition coefficient (Wildman–Crippen LogP) is 5.72. The monoisotopic (exact) mass is 540 g/mol. The number of carbonyl (C=O) groups excluding carboxylic acids is 3. The van der Waals surface area contributed by atoms with E-state index >= 15 is 0 Å². The van der Waals surface area contributed by atoms with E-state index in [9.17, 15) is 14.4 Å². The lowest BCUT2D eigenvalue weighted by Gasteiger charge is -2.41. The molecule has 2 saturated heterocycles. The summed E-state index contributed by atoms with van der Waals surface area (Å²) >= 11 is 1.69. The third-order valence-corrected chi connectivity index (χ3v) is 10.3. The van der Waals surface area contributed by atoms with Crippen molar-refractivity contribution in [1.82, 2.24) is 14.7 Å². The summed E-state index contributed by atoms with van der Waals surface area (Å²) in [7, 11) is 0. The van der Waals surface area contributed by atoms with Crippen molar-refractivity contribution in [3.05, 3.63) is 42.0 Å². The molecule has 2 unspecified atom stereocenters. The highest BCUT2D eigenvalue weighted by atomic mass is 32.2. The first-order valence-corrected chi connectivity index (χ1v) is 15.1. The number of benzene rings is 1. The largest absolute Gasteiger partial charge is 0.342 e. The van der Waals surface area contributed by atoms with E-state index in [1.807, 2.05) is 28.0 Å². The van der Waals surface area contributed by atoms with Gasteiger partial charge in [-0.3, -0.25) is 9.59 Å². The standard InChI is InChI=1S/C30H42N4O3S.H2/c1-21(2)9-18-34-27(36)25(38-30(34)14-12-29(3,4)13-15-30)19-26(35)32-16-10-23(11-17-32)33-20-22-7-5-6-8-24(22)31-28(33)37;/h5-8,12,14,21,23,25H,9-11,13,15-20H2,1-4H3,(H,31,37);1H. The Morgan fingerprint density at radius 2 is 1.87 bits per heavy atom. The van der Waals surface area contributed by atoms with Crippen LogP contribution in [-0.2, 0) is 16.1 Å². The quantitative estimate of drug-likeness (QED) is 0.468. The number of rotatable bonds is 6. The van der Waals surface area contributed by atoms with Crippen molar-refractivity contribution in [2.75, 3.05) is 25.0 Å². The molecular weight excluding hydrogens is 496 g/mol. The van der Waals surface area contributed by atoms with Gasteiger partial charge in [-0.05, 0) is 55.1 Å². The SMILES string of the molecule is CC(C)CCN1C(=O)C(CC(=O)N2CCC(N3Cc4ccccc4NC3=O)CC2)SC12C=CC(C)(C)CC2.[HH]. The van der Waals surface area contributed by atoms with Crippen molar-refractivity contribution in [2.45, 2.75) is 88.9 Å². The van der Waals surface area contributed by atoms with Gasteiger partial charge in [0.25, 0.3) is 0 Å². The van der Waals surface area contributed by atoms with E-state index in [-0.39, 0.29) is 47.3 Å². The number of allylic oxidation sites excluding steroid dienone is 1. The van der Waals surface area contributed by atoms with Crippen LogP contribution in [0.3, 0.4) is 0 Å². The number of nitrogens with one attached hydrogen (secondary N) is 1. The number of carbonyl (C=O) groups is 3. The zero-order valence-corrected chi connectivity index (χ0v) is 24.1. The molecule has 3 heterocycles. The van der Waals surface area contributed by atoms with E-state index in [2.05, 4.69) is 56.1 Å². The second-order valence-electron chi connectivity index (χ2n) is 12.5. The van der Waals surface area contributed by atoms with Gasteiger partial charge in [0, 0.05) is 45.8 Å².